The number of nitrogens with one attached hydrogen (secondary N) is 2. The van der Waals surface area contributed by atoms with Gasteiger partial charge in [0.25, 0.3) is 0 Å². The molecule has 3 rings (SSSR count). The van der Waals surface area contributed by atoms with Crippen molar-refractivity contribution in [1.29, 1.82) is 0 Å². The number of anilines is 2. The number of rotatable bonds is 7. The third-order valence-corrected chi connectivity index (χ3v) is 5.94. The molecule has 134 valence electrons. The van der Waals surface area contributed by atoms with E-state index in [9.17, 15) is 8.42 Å². The number of halogens is 1. The standard InChI is InChI=1S/C16H20BrN5O2S/c17-13-3-5-14(6-4-13)25(23,24)21-8-7-18-15-11-16(20-12-19-15)22-9-1-2-10-22/h3-6,11-12,21H,1-2,7-10H2,(H,18,19,20). The van der Waals surface area contributed by atoms with Crippen LogP contribution in [-0.2, 0) is 10.0 Å². The fourth-order valence-corrected chi connectivity index (χ4v) is 3.93. The van der Waals surface area contributed by atoms with E-state index in [-0.39, 0.29) is 11.4 Å². The van der Waals surface area contributed by atoms with E-state index >= 15 is 0 Å². The number of sulfonamides is 1. The summed E-state index contributed by atoms with van der Waals surface area (Å²) < 4.78 is 27.8. The smallest absolute Gasteiger partial charge is 0.240 e. The normalized spacial score (nSPS) is 14.7. The number of benzene rings is 1. The summed E-state index contributed by atoms with van der Waals surface area (Å²) in [5.41, 5.74) is 0. The maximum Gasteiger partial charge on any atom is 0.240 e. The van der Waals surface area contributed by atoms with Crippen LogP contribution < -0.4 is 14.9 Å². The Kier molecular flexibility index (Phi) is 5.87. The van der Waals surface area contributed by atoms with E-state index in [1.807, 2.05) is 6.07 Å². The number of hydrogen-bond donors (Lipinski definition) is 2. The van der Waals surface area contributed by atoms with Crippen LogP contribution in [0.3, 0.4) is 0 Å². The van der Waals surface area contributed by atoms with E-state index < -0.39 is 10.0 Å². The summed E-state index contributed by atoms with van der Waals surface area (Å²) in [4.78, 5) is 10.9. The van der Waals surface area contributed by atoms with Crippen LogP contribution in [0.5, 0.6) is 0 Å². The molecule has 0 spiro atoms. The Hall–Kier alpha value is -1.71. The monoisotopic (exact) mass is 425 g/mol. The third kappa shape index (κ3) is 4.90. The van der Waals surface area contributed by atoms with Crippen molar-refractivity contribution >= 4 is 37.6 Å². The molecule has 1 aliphatic rings. The van der Waals surface area contributed by atoms with Crippen LogP contribution in [0.1, 0.15) is 12.8 Å². The zero-order valence-corrected chi connectivity index (χ0v) is 16.1. The summed E-state index contributed by atoms with van der Waals surface area (Å²) in [6, 6.07) is 8.43. The van der Waals surface area contributed by atoms with Gasteiger partial charge in [0.15, 0.2) is 0 Å². The average molecular weight is 426 g/mol. The maximum absolute atomic E-state index is 12.2. The highest BCUT2D eigenvalue weighted by atomic mass is 79.9. The van der Waals surface area contributed by atoms with Crippen LogP contribution in [0.15, 0.2) is 46.0 Å². The van der Waals surface area contributed by atoms with Crippen LogP contribution in [-0.4, -0.2) is 44.6 Å². The predicted molar refractivity (Wildman–Crippen MR) is 101 cm³/mol. The van der Waals surface area contributed by atoms with Gasteiger partial charge < -0.3 is 10.2 Å². The van der Waals surface area contributed by atoms with E-state index in [1.54, 1.807) is 24.3 Å². The minimum Gasteiger partial charge on any atom is -0.369 e. The summed E-state index contributed by atoms with van der Waals surface area (Å²) in [6.45, 7) is 2.74. The fraction of sp³-hybridized carbons (Fsp3) is 0.375. The maximum atomic E-state index is 12.2. The molecule has 7 nitrogen and oxygen atoms in total. The molecule has 1 aromatic carbocycles. The van der Waals surface area contributed by atoms with Crippen LogP contribution in [0.25, 0.3) is 0 Å². The second-order valence-corrected chi connectivity index (χ2v) is 8.42. The van der Waals surface area contributed by atoms with Gasteiger partial charge in [-0.25, -0.2) is 23.1 Å². The highest BCUT2D eigenvalue weighted by Gasteiger charge is 2.15. The van der Waals surface area contributed by atoms with Gasteiger partial charge in [-0.3, -0.25) is 0 Å². The molecular weight excluding hydrogens is 406 g/mol. The first-order chi connectivity index (χ1) is 12.0. The molecule has 0 radical (unpaired) electrons. The molecule has 0 unspecified atom stereocenters. The molecular formula is C16H20BrN5O2S. The molecule has 1 fully saturated rings. The molecule has 0 bridgehead atoms. The first-order valence-corrected chi connectivity index (χ1v) is 10.4. The lowest BCUT2D eigenvalue weighted by Gasteiger charge is -2.16. The highest BCUT2D eigenvalue weighted by molar-refractivity contribution is 9.10. The zero-order chi connectivity index (χ0) is 17.7. The topological polar surface area (TPSA) is 87.2 Å². The van der Waals surface area contributed by atoms with Gasteiger partial charge in [-0.15, -0.1) is 0 Å². The van der Waals surface area contributed by atoms with Crippen molar-refractivity contribution in [3.05, 3.63) is 41.1 Å². The Morgan fingerprint density at radius 3 is 2.52 bits per heavy atom. The zero-order valence-electron chi connectivity index (χ0n) is 13.7. The molecule has 0 aliphatic carbocycles. The van der Waals surface area contributed by atoms with E-state index in [1.165, 1.54) is 19.2 Å². The lowest BCUT2D eigenvalue weighted by atomic mass is 10.4. The summed E-state index contributed by atoms with van der Waals surface area (Å²) in [6.07, 6.45) is 3.90. The van der Waals surface area contributed by atoms with Gasteiger partial charge in [-0.1, -0.05) is 15.9 Å². The molecule has 1 aromatic heterocycles. The Balaban J connectivity index is 1.51. The summed E-state index contributed by atoms with van der Waals surface area (Å²) in [5.74, 6) is 1.60. The SMILES string of the molecule is O=S(=O)(NCCNc1cc(N2CCCC2)ncn1)c1ccc(Br)cc1. The highest BCUT2D eigenvalue weighted by Crippen LogP contribution is 2.19. The van der Waals surface area contributed by atoms with Crippen molar-refractivity contribution in [1.82, 2.24) is 14.7 Å². The number of hydrogen-bond acceptors (Lipinski definition) is 6. The molecule has 0 atom stereocenters. The van der Waals surface area contributed by atoms with E-state index in [0.29, 0.717) is 12.4 Å². The lowest BCUT2D eigenvalue weighted by molar-refractivity contribution is 0.583. The van der Waals surface area contributed by atoms with Gasteiger partial charge in [0.2, 0.25) is 10.0 Å². The summed E-state index contributed by atoms with van der Waals surface area (Å²) in [5, 5.41) is 3.13. The van der Waals surface area contributed by atoms with Gasteiger partial charge in [0, 0.05) is 36.7 Å². The fourth-order valence-electron chi connectivity index (χ4n) is 2.64. The molecule has 25 heavy (non-hydrogen) atoms. The average Bonchev–Trinajstić information content (AvgIpc) is 3.14. The van der Waals surface area contributed by atoms with Crippen LogP contribution >= 0.6 is 15.9 Å². The predicted octanol–water partition coefficient (Wildman–Crippen LogP) is 2.23. The minimum absolute atomic E-state index is 0.244. The van der Waals surface area contributed by atoms with Crippen molar-refractivity contribution < 1.29 is 8.42 Å². The summed E-state index contributed by atoms with van der Waals surface area (Å²) >= 11 is 3.29. The number of nitrogens with zero attached hydrogens (tertiary/aromatic N) is 3. The molecule has 2 heterocycles. The van der Waals surface area contributed by atoms with Crippen molar-refractivity contribution in [2.24, 2.45) is 0 Å². The van der Waals surface area contributed by atoms with Crippen molar-refractivity contribution in [2.45, 2.75) is 17.7 Å². The summed E-state index contributed by atoms with van der Waals surface area (Å²) in [7, 11) is -3.50. The molecule has 1 aliphatic heterocycles. The molecule has 1 saturated heterocycles. The third-order valence-electron chi connectivity index (χ3n) is 3.93. The molecule has 2 N–H and O–H groups in total. The van der Waals surface area contributed by atoms with Gasteiger partial charge in [0.05, 0.1) is 4.90 Å². The largest absolute Gasteiger partial charge is 0.369 e. The molecule has 0 saturated carbocycles. The van der Waals surface area contributed by atoms with Crippen molar-refractivity contribution in [3.63, 3.8) is 0 Å². The van der Waals surface area contributed by atoms with Crippen LogP contribution in [0.4, 0.5) is 11.6 Å². The number of aromatic nitrogens is 2. The van der Waals surface area contributed by atoms with Gasteiger partial charge >= 0.3 is 0 Å². The van der Waals surface area contributed by atoms with Crippen LogP contribution in [0, 0.1) is 0 Å². The van der Waals surface area contributed by atoms with Gasteiger partial charge in [-0.2, -0.15) is 0 Å². The van der Waals surface area contributed by atoms with E-state index in [2.05, 4.69) is 40.8 Å². The first kappa shape index (κ1) is 18.1. The van der Waals surface area contributed by atoms with Gasteiger partial charge in [-0.05, 0) is 37.1 Å². The Morgan fingerprint density at radius 1 is 1.08 bits per heavy atom. The van der Waals surface area contributed by atoms with Crippen LogP contribution in [0.2, 0.25) is 0 Å². The quantitative estimate of drug-likeness (QED) is 0.661. The Labute approximate surface area is 156 Å². The van der Waals surface area contributed by atoms with Crippen molar-refractivity contribution in [3.8, 4) is 0 Å². The second-order valence-electron chi connectivity index (χ2n) is 5.73. The van der Waals surface area contributed by atoms with E-state index in [4.69, 9.17) is 0 Å². The van der Waals surface area contributed by atoms with Crippen molar-refractivity contribution in [2.75, 3.05) is 36.4 Å². The Morgan fingerprint density at radius 2 is 1.80 bits per heavy atom. The molecule has 2 aromatic rings. The minimum atomic E-state index is -3.50. The second kappa shape index (κ2) is 8.11. The Bertz CT molecular complexity index is 808. The van der Waals surface area contributed by atoms with Gasteiger partial charge in [0.1, 0.15) is 18.0 Å². The van der Waals surface area contributed by atoms with E-state index in [0.717, 1.165) is 23.4 Å². The molecule has 9 heteroatoms. The lowest BCUT2D eigenvalue weighted by Crippen LogP contribution is -2.29. The first-order valence-electron chi connectivity index (χ1n) is 8.11. The molecule has 0 amide bonds.